The van der Waals surface area contributed by atoms with Gasteiger partial charge in [0.2, 0.25) is 27.1 Å². The Morgan fingerprint density at radius 3 is 2.74 bits per heavy atom. The van der Waals surface area contributed by atoms with Gasteiger partial charge in [-0.1, -0.05) is 17.4 Å². The highest BCUT2D eigenvalue weighted by Gasteiger charge is 2.14. The highest BCUT2D eigenvalue weighted by molar-refractivity contribution is 7.89. The zero-order valence-electron chi connectivity index (χ0n) is 13.6. The molecule has 12 heteroatoms. The third-order valence-corrected chi connectivity index (χ3v) is 5.50. The fourth-order valence-electron chi connectivity index (χ4n) is 2.39. The van der Waals surface area contributed by atoms with Crippen LogP contribution >= 0.6 is 11.3 Å². The Hall–Kier alpha value is -3.22. The number of aromatic nitrogens is 4. The number of phenolic OH excluding ortho intramolecular Hbond substituents is 1. The summed E-state index contributed by atoms with van der Waals surface area (Å²) in [6, 6.07) is 10.8. The lowest BCUT2D eigenvalue weighted by atomic mass is 10.3. The van der Waals surface area contributed by atoms with Crippen LogP contribution in [0.1, 0.15) is 0 Å². The van der Waals surface area contributed by atoms with Gasteiger partial charge in [-0.25, -0.2) is 18.5 Å². The van der Waals surface area contributed by atoms with Gasteiger partial charge >= 0.3 is 0 Å². The van der Waals surface area contributed by atoms with Crippen LogP contribution in [0.25, 0.3) is 15.3 Å². The SMILES string of the molecule is Nc1nc(Nc2cccc(S(N)(=O)=O)c2)nn1-c1nc2ccc(O)cc2s1. The normalized spacial score (nSPS) is 11.7. The number of nitrogens with zero attached hydrogens (tertiary/aromatic N) is 4. The lowest BCUT2D eigenvalue weighted by molar-refractivity contribution is 0.476. The van der Waals surface area contributed by atoms with E-state index in [0.717, 1.165) is 4.70 Å². The third-order valence-electron chi connectivity index (χ3n) is 3.59. The van der Waals surface area contributed by atoms with Crippen molar-refractivity contribution in [3.63, 3.8) is 0 Å². The quantitative estimate of drug-likeness (QED) is 0.399. The zero-order chi connectivity index (χ0) is 19.2. The first-order chi connectivity index (χ1) is 12.8. The Morgan fingerprint density at radius 1 is 1.15 bits per heavy atom. The van der Waals surface area contributed by atoms with Gasteiger partial charge in [-0.05, 0) is 36.4 Å². The molecule has 0 fully saturated rings. The molecule has 4 rings (SSSR count). The molecule has 4 aromatic rings. The van der Waals surface area contributed by atoms with Crippen LogP contribution in [0.3, 0.4) is 0 Å². The van der Waals surface area contributed by atoms with E-state index in [1.165, 1.54) is 28.2 Å². The van der Waals surface area contributed by atoms with Crippen LogP contribution in [0.5, 0.6) is 5.75 Å². The molecule has 27 heavy (non-hydrogen) atoms. The third kappa shape index (κ3) is 3.40. The smallest absolute Gasteiger partial charge is 0.248 e. The van der Waals surface area contributed by atoms with Gasteiger partial charge in [0.15, 0.2) is 0 Å². The van der Waals surface area contributed by atoms with Crippen LogP contribution in [0, 0.1) is 0 Å². The summed E-state index contributed by atoms with van der Waals surface area (Å²) >= 11 is 1.29. The van der Waals surface area contributed by atoms with E-state index in [9.17, 15) is 13.5 Å². The van der Waals surface area contributed by atoms with Crippen molar-refractivity contribution in [3.8, 4) is 10.9 Å². The summed E-state index contributed by atoms with van der Waals surface area (Å²) in [5.74, 6) is 0.408. The van der Waals surface area contributed by atoms with Crippen LogP contribution in [0.4, 0.5) is 17.6 Å². The number of fused-ring (bicyclic) bond motifs is 1. The van der Waals surface area contributed by atoms with Gasteiger partial charge in [-0.2, -0.15) is 9.67 Å². The van der Waals surface area contributed by atoms with E-state index in [-0.39, 0.29) is 22.5 Å². The predicted molar refractivity (Wildman–Crippen MR) is 102 cm³/mol. The summed E-state index contributed by atoms with van der Waals surface area (Å²) < 4.78 is 25.0. The monoisotopic (exact) mass is 403 g/mol. The van der Waals surface area contributed by atoms with Gasteiger partial charge in [0.05, 0.1) is 15.1 Å². The molecule has 138 valence electrons. The van der Waals surface area contributed by atoms with Gasteiger partial charge in [0.25, 0.3) is 0 Å². The summed E-state index contributed by atoms with van der Waals surface area (Å²) in [5, 5.41) is 22.3. The molecule has 0 radical (unpaired) electrons. The molecule has 6 N–H and O–H groups in total. The molecule has 2 heterocycles. The second-order valence-electron chi connectivity index (χ2n) is 5.55. The Labute approximate surface area is 157 Å². The van der Waals surface area contributed by atoms with Gasteiger partial charge in [0, 0.05) is 5.69 Å². The number of anilines is 3. The maximum atomic E-state index is 11.5. The number of aromatic hydroxyl groups is 1. The number of thiazole rings is 1. The van der Waals surface area contributed by atoms with Crippen molar-refractivity contribution in [1.29, 1.82) is 0 Å². The van der Waals surface area contributed by atoms with Crippen molar-refractivity contribution in [1.82, 2.24) is 19.7 Å². The maximum Gasteiger partial charge on any atom is 0.248 e. The van der Waals surface area contributed by atoms with Crippen molar-refractivity contribution in [2.24, 2.45) is 5.14 Å². The molecule has 10 nitrogen and oxygen atoms in total. The Bertz CT molecular complexity index is 1260. The van der Waals surface area contributed by atoms with E-state index in [1.807, 2.05) is 0 Å². The number of nitrogens with one attached hydrogen (secondary N) is 1. The Balaban J connectivity index is 1.67. The Morgan fingerprint density at radius 2 is 1.96 bits per heavy atom. The summed E-state index contributed by atoms with van der Waals surface area (Å²) in [4.78, 5) is 8.50. The molecule has 0 saturated heterocycles. The summed E-state index contributed by atoms with van der Waals surface area (Å²) in [6.07, 6.45) is 0. The van der Waals surface area contributed by atoms with Crippen LogP contribution in [0.2, 0.25) is 0 Å². The van der Waals surface area contributed by atoms with Gasteiger partial charge < -0.3 is 16.2 Å². The second kappa shape index (κ2) is 6.19. The standard InChI is InChI=1S/C15H13N7O3S2/c16-13-20-14(18-8-2-1-3-10(6-8)27(17,24)25)21-22(13)15-19-11-5-4-9(23)7-12(11)26-15/h1-7,23H,(H2,17,24,25)(H3,16,18,20,21). The molecule has 0 saturated carbocycles. The highest BCUT2D eigenvalue weighted by Crippen LogP contribution is 2.29. The molecule has 0 spiro atoms. The first-order valence-electron chi connectivity index (χ1n) is 7.52. The number of rotatable bonds is 4. The van der Waals surface area contributed by atoms with Crippen LogP contribution in [-0.4, -0.2) is 33.3 Å². The fraction of sp³-hybridized carbons (Fsp3) is 0. The number of phenols is 1. The summed E-state index contributed by atoms with van der Waals surface area (Å²) in [5.41, 5.74) is 7.06. The van der Waals surface area contributed by atoms with E-state index < -0.39 is 10.0 Å². The lowest BCUT2D eigenvalue weighted by Gasteiger charge is -2.03. The molecule has 2 aromatic heterocycles. The first kappa shape index (κ1) is 17.2. The van der Waals surface area contributed by atoms with Crippen molar-refractivity contribution in [2.75, 3.05) is 11.1 Å². The minimum absolute atomic E-state index is 0.0362. The summed E-state index contributed by atoms with van der Waals surface area (Å²) in [6.45, 7) is 0. The molecule has 0 aliphatic rings. The van der Waals surface area contributed by atoms with E-state index in [4.69, 9.17) is 10.9 Å². The molecule has 0 aliphatic heterocycles. The second-order valence-corrected chi connectivity index (χ2v) is 8.12. The van der Waals surface area contributed by atoms with Crippen LogP contribution in [0.15, 0.2) is 47.4 Å². The van der Waals surface area contributed by atoms with E-state index >= 15 is 0 Å². The number of sulfonamides is 1. The van der Waals surface area contributed by atoms with Gasteiger partial charge in [-0.15, -0.1) is 5.10 Å². The van der Waals surface area contributed by atoms with E-state index in [0.29, 0.717) is 16.3 Å². The molecular weight excluding hydrogens is 390 g/mol. The van der Waals surface area contributed by atoms with Crippen LogP contribution in [-0.2, 0) is 10.0 Å². The highest BCUT2D eigenvalue weighted by atomic mass is 32.2. The van der Waals surface area contributed by atoms with Crippen molar-refractivity contribution in [2.45, 2.75) is 4.90 Å². The average molecular weight is 403 g/mol. The Kier molecular flexibility index (Phi) is 3.95. The van der Waals surface area contributed by atoms with Crippen molar-refractivity contribution < 1.29 is 13.5 Å². The minimum atomic E-state index is -3.82. The number of nitrogen functional groups attached to an aromatic ring is 1. The topological polar surface area (TPSA) is 162 Å². The average Bonchev–Trinajstić information content (AvgIpc) is 3.17. The number of primary sulfonamides is 1. The molecule has 0 bridgehead atoms. The van der Waals surface area contributed by atoms with Crippen molar-refractivity contribution >= 4 is 49.2 Å². The molecular formula is C15H13N7O3S2. The molecule has 0 amide bonds. The van der Waals surface area contributed by atoms with Crippen LogP contribution < -0.4 is 16.2 Å². The molecule has 0 atom stereocenters. The number of benzene rings is 2. The lowest BCUT2D eigenvalue weighted by Crippen LogP contribution is -2.12. The predicted octanol–water partition coefficient (Wildman–Crippen LogP) is 1.56. The zero-order valence-corrected chi connectivity index (χ0v) is 15.2. The molecule has 0 unspecified atom stereocenters. The van der Waals surface area contributed by atoms with Gasteiger partial charge in [-0.3, -0.25) is 0 Å². The van der Waals surface area contributed by atoms with Gasteiger partial charge in [0.1, 0.15) is 5.75 Å². The van der Waals surface area contributed by atoms with E-state index in [1.54, 1.807) is 30.3 Å². The largest absolute Gasteiger partial charge is 0.508 e. The molecule has 2 aromatic carbocycles. The summed E-state index contributed by atoms with van der Waals surface area (Å²) in [7, 11) is -3.82. The fourth-order valence-corrected chi connectivity index (χ4v) is 3.91. The first-order valence-corrected chi connectivity index (χ1v) is 9.88. The number of nitrogens with two attached hydrogens (primary N) is 2. The molecule has 0 aliphatic carbocycles. The van der Waals surface area contributed by atoms with Crippen molar-refractivity contribution in [3.05, 3.63) is 42.5 Å². The minimum Gasteiger partial charge on any atom is -0.508 e. The maximum absolute atomic E-state index is 11.5. The number of hydrogen-bond donors (Lipinski definition) is 4. The number of hydrogen-bond acceptors (Lipinski definition) is 9. The van der Waals surface area contributed by atoms with E-state index in [2.05, 4.69) is 20.4 Å².